The van der Waals surface area contributed by atoms with Crippen LogP contribution in [0.3, 0.4) is 0 Å². The number of carbonyl (C=O) groups excluding carboxylic acids is 1. The molecule has 1 N–H and O–H groups in total. The van der Waals surface area contributed by atoms with E-state index in [0.29, 0.717) is 36.1 Å². The molecule has 2 heterocycles. The molecule has 1 amide bonds. The van der Waals surface area contributed by atoms with E-state index >= 15 is 0 Å². The van der Waals surface area contributed by atoms with Gasteiger partial charge in [-0.05, 0) is 35.9 Å². The molecule has 6 nitrogen and oxygen atoms in total. The maximum Gasteiger partial charge on any atom is 0.221 e. The average Bonchev–Trinajstić information content (AvgIpc) is 3.12. The van der Waals surface area contributed by atoms with Gasteiger partial charge >= 0.3 is 0 Å². The number of hydrogen-bond acceptors (Lipinski definition) is 5. The number of hydrogen-bond donors (Lipinski definition) is 1. The van der Waals surface area contributed by atoms with Gasteiger partial charge in [0.15, 0.2) is 0 Å². The Morgan fingerprint density at radius 1 is 1.52 bits per heavy atom. The number of pyridine rings is 1. The molecule has 6 heteroatoms. The average molecular weight is 309 g/mol. The molecule has 2 aromatic rings. The van der Waals surface area contributed by atoms with Gasteiger partial charge in [0.1, 0.15) is 18.4 Å². The van der Waals surface area contributed by atoms with Crippen molar-refractivity contribution in [2.45, 2.75) is 18.4 Å². The predicted molar refractivity (Wildman–Crippen MR) is 82.1 cm³/mol. The third kappa shape index (κ3) is 2.16. The van der Waals surface area contributed by atoms with E-state index in [-0.39, 0.29) is 11.4 Å². The molecule has 0 spiro atoms. The summed E-state index contributed by atoms with van der Waals surface area (Å²) in [6.45, 7) is 0.415. The van der Waals surface area contributed by atoms with Gasteiger partial charge in [0.05, 0.1) is 18.2 Å². The Kier molecular flexibility index (Phi) is 2.91. The predicted octanol–water partition coefficient (Wildman–Crippen LogP) is 1.77. The van der Waals surface area contributed by atoms with E-state index in [1.165, 1.54) is 7.11 Å². The number of ether oxygens (including phenoxy) is 2. The first-order chi connectivity index (χ1) is 11.1. The van der Waals surface area contributed by atoms with Gasteiger partial charge in [-0.2, -0.15) is 5.26 Å². The number of nitrogens with one attached hydrogen (secondary N) is 1. The monoisotopic (exact) mass is 309 g/mol. The summed E-state index contributed by atoms with van der Waals surface area (Å²) >= 11 is 0. The minimum atomic E-state index is -0.211. The normalized spacial score (nSPS) is 24.7. The Hall–Kier alpha value is -2.81. The lowest BCUT2D eigenvalue weighted by Crippen LogP contribution is -2.37. The van der Waals surface area contributed by atoms with Crippen molar-refractivity contribution < 1.29 is 14.3 Å². The van der Waals surface area contributed by atoms with Crippen LogP contribution in [0.5, 0.6) is 11.6 Å². The number of carbonyl (C=O) groups is 1. The highest BCUT2D eigenvalue weighted by molar-refractivity contribution is 5.89. The van der Waals surface area contributed by atoms with Gasteiger partial charge in [0, 0.05) is 18.0 Å². The molecule has 116 valence electrons. The summed E-state index contributed by atoms with van der Waals surface area (Å²) in [5.74, 6) is 1.46. The standard InChI is InChI=1S/C17H15N3O3/c1-22-14-6-13-10(4-11(14)8-18)2-3-19-16(13)23-9-17-7-12(17)5-15(21)20-17/h2-4,6,12H,5,7,9H2,1H3,(H,20,21). The summed E-state index contributed by atoms with van der Waals surface area (Å²) in [5.41, 5.74) is 0.262. The second-order valence-electron chi connectivity index (χ2n) is 6.10. The molecule has 0 radical (unpaired) electrons. The molecule has 1 aromatic carbocycles. The summed E-state index contributed by atoms with van der Waals surface area (Å²) < 4.78 is 11.2. The number of nitrogens with zero attached hydrogens (tertiary/aromatic N) is 2. The van der Waals surface area contributed by atoms with E-state index in [0.717, 1.165) is 17.2 Å². The summed E-state index contributed by atoms with van der Waals surface area (Å²) in [7, 11) is 1.53. The van der Waals surface area contributed by atoms with Gasteiger partial charge in [-0.15, -0.1) is 0 Å². The van der Waals surface area contributed by atoms with Crippen LogP contribution in [0.4, 0.5) is 0 Å². The summed E-state index contributed by atoms with van der Waals surface area (Å²) in [4.78, 5) is 15.7. The molecule has 2 aliphatic rings. The number of fused-ring (bicyclic) bond motifs is 2. The number of methoxy groups -OCH3 is 1. The molecule has 4 rings (SSSR count). The highest BCUT2D eigenvalue weighted by atomic mass is 16.5. The fourth-order valence-corrected chi connectivity index (χ4v) is 3.31. The minimum absolute atomic E-state index is 0.0936. The summed E-state index contributed by atoms with van der Waals surface area (Å²) in [5, 5.41) is 13.8. The van der Waals surface area contributed by atoms with E-state index in [1.807, 2.05) is 6.07 Å². The van der Waals surface area contributed by atoms with Crippen LogP contribution in [0, 0.1) is 17.2 Å². The third-order valence-corrected chi connectivity index (χ3v) is 4.69. The zero-order valence-electron chi connectivity index (χ0n) is 12.6. The Morgan fingerprint density at radius 3 is 3.09 bits per heavy atom. The Morgan fingerprint density at radius 2 is 2.39 bits per heavy atom. The zero-order valence-corrected chi connectivity index (χ0v) is 12.6. The van der Waals surface area contributed by atoms with Crippen molar-refractivity contribution in [1.82, 2.24) is 10.3 Å². The molecule has 1 saturated carbocycles. The van der Waals surface area contributed by atoms with Crippen LogP contribution in [0.15, 0.2) is 24.4 Å². The van der Waals surface area contributed by atoms with E-state index in [9.17, 15) is 10.1 Å². The van der Waals surface area contributed by atoms with Crippen molar-refractivity contribution in [1.29, 1.82) is 5.26 Å². The van der Waals surface area contributed by atoms with Gasteiger partial charge in [-0.3, -0.25) is 4.79 Å². The Balaban J connectivity index is 1.65. The number of nitriles is 1. The van der Waals surface area contributed by atoms with E-state index in [1.54, 1.807) is 18.3 Å². The molecule has 2 fully saturated rings. The number of amides is 1. The lowest BCUT2D eigenvalue weighted by Gasteiger charge is -2.16. The number of piperidine rings is 1. The third-order valence-electron chi connectivity index (χ3n) is 4.69. The summed E-state index contributed by atoms with van der Waals surface area (Å²) in [6.07, 6.45) is 3.21. The smallest absolute Gasteiger partial charge is 0.221 e. The number of benzene rings is 1. The molecular formula is C17H15N3O3. The topological polar surface area (TPSA) is 84.2 Å². The molecule has 1 aliphatic carbocycles. The van der Waals surface area contributed by atoms with Crippen LogP contribution in [-0.4, -0.2) is 30.1 Å². The fourth-order valence-electron chi connectivity index (χ4n) is 3.31. The van der Waals surface area contributed by atoms with Gasteiger partial charge in [-0.1, -0.05) is 0 Å². The number of aromatic nitrogens is 1. The SMILES string of the molecule is COc1cc2c(OCC34CC3CC(=O)N4)nccc2cc1C#N. The maximum absolute atomic E-state index is 11.4. The van der Waals surface area contributed by atoms with Crippen LogP contribution in [0.25, 0.3) is 10.8 Å². The van der Waals surface area contributed by atoms with E-state index in [2.05, 4.69) is 16.4 Å². The fraction of sp³-hybridized carbons (Fsp3) is 0.353. The van der Waals surface area contributed by atoms with Crippen molar-refractivity contribution >= 4 is 16.7 Å². The molecule has 23 heavy (non-hydrogen) atoms. The molecular weight excluding hydrogens is 294 g/mol. The maximum atomic E-state index is 11.4. The second-order valence-corrected chi connectivity index (χ2v) is 6.10. The van der Waals surface area contributed by atoms with Gasteiger partial charge in [-0.25, -0.2) is 4.98 Å². The van der Waals surface area contributed by atoms with Crippen LogP contribution < -0.4 is 14.8 Å². The Bertz CT molecular complexity index is 858. The molecule has 2 unspecified atom stereocenters. The van der Waals surface area contributed by atoms with Crippen molar-refractivity contribution in [2.75, 3.05) is 13.7 Å². The van der Waals surface area contributed by atoms with Gasteiger partial charge in [0.2, 0.25) is 11.8 Å². The summed E-state index contributed by atoms with van der Waals surface area (Å²) in [6, 6.07) is 7.48. The van der Waals surface area contributed by atoms with Gasteiger partial charge in [0.25, 0.3) is 0 Å². The van der Waals surface area contributed by atoms with E-state index < -0.39 is 0 Å². The van der Waals surface area contributed by atoms with Crippen LogP contribution >= 0.6 is 0 Å². The Labute approximate surface area is 133 Å². The van der Waals surface area contributed by atoms with Crippen molar-refractivity contribution in [3.8, 4) is 17.7 Å². The molecule has 1 aliphatic heterocycles. The number of rotatable bonds is 4. The highest BCUT2D eigenvalue weighted by Crippen LogP contribution is 2.50. The van der Waals surface area contributed by atoms with E-state index in [4.69, 9.17) is 9.47 Å². The molecule has 1 aromatic heterocycles. The quantitative estimate of drug-likeness (QED) is 0.930. The highest BCUT2D eigenvalue weighted by Gasteiger charge is 2.61. The second kappa shape index (κ2) is 4.85. The van der Waals surface area contributed by atoms with Crippen LogP contribution in [0.1, 0.15) is 18.4 Å². The molecule has 2 atom stereocenters. The van der Waals surface area contributed by atoms with Crippen LogP contribution in [0.2, 0.25) is 0 Å². The van der Waals surface area contributed by atoms with Crippen LogP contribution in [-0.2, 0) is 4.79 Å². The van der Waals surface area contributed by atoms with Gasteiger partial charge < -0.3 is 14.8 Å². The minimum Gasteiger partial charge on any atom is -0.495 e. The molecule has 1 saturated heterocycles. The molecule has 0 bridgehead atoms. The first kappa shape index (κ1) is 13.8. The lowest BCUT2D eigenvalue weighted by molar-refractivity contribution is -0.120. The first-order valence-corrected chi connectivity index (χ1v) is 7.46. The van der Waals surface area contributed by atoms with Crippen molar-refractivity contribution in [3.05, 3.63) is 30.0 Å². The zero-order chi connectivity index (χ0) is 16.0. The largest absolute Gasteiger partial charge is 0.495 e. The first-order valence-electron chi connectivity index (χ1n) is 7.46. The van der Waals surface area contributed by atoms with Crippen molar-refractivity contribution in [3.63, 3.8) is 0 Å². The van der Waals surface area contributed by atoms with Crippen molar-refractivity contribution in [2.24, 2.45) is 5.92 Å². The lowest BCUT2D eigenvalue weighted by atomic mass is 10.1.